The van der Waals surface area contributed by atoms with Gasteiger partial charge in [-0.2, -0.15) is 0 Å². The molecule has 0 amide bonds. The third-order valence-electron chi connectivity index (χ3n) is 8.89. The van der Waals surface area contributed by atoms with Gasteiger partial charge in [-0.05, 0) is 115 Å². The number of phenols is 1. The molecule has 2 heterocycles. The number of likely N-dealkylation sites (tertiary alicyclic amines) is 1. The number of fused-ring (bicyclic) bond motifs is 1. The molecule has 2 aliphatic heterocycles. The molecule has 0 saturated carbocycles. The number of rotatable bonds is 5. The van der Waals surface area contributed by atoms with Gasteiger partial charge in [-0.15, -0.1) is 0 Å². The number of hydrogen-bond acceptors (Lipinski definition) is 4. The van der Waals surface area contributed by atoms with E-state index in [2.05, 4.69) is 70.5 Å². The van der Waals surface area contributed by atoms with Crippen LogP contribution < -0.4 is 4.90 Å². The van der Waals surface area contributed by atoms with Gasteiger partial charge in [0.1, 0.15) is 5.75 Å². The summed E-state index contributed by atoms with van der Waals surface area (Å²) in [6.45, 7) is 4.02. The van der Waals surface area contributed by atoms with Gasteiger partial charge < -0.3 is 15.1 Å². The number of allylic oxidation sites excluding steroid dienone is 1. The number of phenolic OH excluding ortho intramolecular Hbond substituents is 1. The van der Waals surface area contributed by atoms with Crippen LogP contribution in [-0.4, -0.2) is 53.8 Å². The van der Waals surface area contributed by atoms with Crippen molar-refractivity contribution in [1.29, 1.82) is 0 Å². The van der Waals surface area contributed by atoms with Gasteiger partial charge in [0.15, 0.2) is 0 Å². The van der Waals surface area contributed by atoms with Gasteiger partial charge in [0, 0.05) is 18.8 Å². The van der Waals surface area contributed by atoms with Gasteiger partial charge in [0.2, 0.25) is 0 Å². The molecule has 0 bridgehead atoms. The normalized spacial score (nSPS) is 19.4. The number of carboxylic acids is 1. The van der Waals surface area contributed by atoms with Crippen LogP contribution in [0, 0.1) is 5.41 Å². The molecule has 2 saturated heterocycles. The van der Waals surface area contributed by atoms with Crippen LogP contribution in [-0.2, 0) is 11.2 Å². The fourth-order valence-electron chi connectivity index (χ4n) is 6.81. The molecule has 3 aromatic rings. The highest BCUT2D eigenvalue weighted by Crippen LogP contribution is 2.44. The Bertz CT molecular complexity index is 1340. The number of anilines is 1. The van der Waals surface area contributed by atoms with E-state index in [0.717, 1.165) is 58.3 Å². The van der Waals surface area contributed by atoms with Crippen LogP contribution in [0.2, 0.25) is 0 Å². The summed E-state index contributed by atoms with van der Waals surface area (Å²) in [6, 6.07) is 25.6. The molecule has 5 heteroatoms. The van der Waals surface area contributed by atoms with Crippen LogP contribution in [0.4, 0.5) is 5.69 Å². The predicted octanol–water partition coefficient (Wildman–Crippen LogP) is 6.06. The molecule has 38 heavy (non-hydrogen) atoms. The zero-order valence-electron chi connectivity index (χ0n) is 21.9. The molecule has 0 aromatic heterocycles. The van der Waals surface area contributed by atoms with E-state index in [1.165, 1.54) is 45.5 Å². The standard InChI is InChI=1S/C33H36N2O3/c36-28-13-14-30-26(21-28)7-4-8-29(24-5-2-1-3-6-24)32(30)25-9-11-27(12-10-25)35-20-17-33(23-35)15-18-34(19-16-33)22-31(37)38/h1-3,5-6,9-14,21,36H,4,7-8,15-20,22-23H2,(H,37,38). The van der Waals surface area contributed by atoms with Crippen LogP contribution in [0.25, 0.3) is 11.1 Å². The van der Waals surface area contributed by atoms with E-state index in [4.69, 9.17) is 5.11 Å². The average Bonchev–Trinajstić information content (AvgIpc) is 3.24. The van der Waals surface area contributed by atoms with Crippen LogP contribution in [0.1, 0.15) is 54.4 Å². The highest BCUT2D eigenvalue weighted by atomic mass is 16.4. The number of nitrogens with zero attached hydrogens (tertiary/aromatic N) is 2. The van der Waals surface area contributed by atoms with Crippen molar-refractivity contribution in [3.63, 3.8) is 0 Å². The molecule has 3 aromatic carbocycles. The van der Waals surface area contributed by atoms with E-state index >= 15 is 0 Å². The van der Waals surface area contributed by atoms with Gasteiger partial charge >= 0.3 is 5.97 Å². The van der Waals surface area contributed by atoms with Crippen molar-refractivity contribution in [2.75, 3.05) is 37.6 Å². The molecule has 1 aliphatic carbocycles. The maximum Gasteiger partial charge on any atom is 0.317 e. The lowest BCUT2D eigenvalue weighted by molar-refractivity contribution is -0.138. The Balaban J connectivity index is 1.28. The molecule has 0 unspecified atom stereocenters. The average molecular weight is 509 g/mol. The number of aryl methyl sites for hydroxylation is 1. The number of carboxylic acid groups (broad SMARTS) is 1. The first-order valence-electron chi connectivity index (χ1n) is 13.9. The summed E-state index contributed by atoms with van der Waals surface area (Å²) in [5.41, 5.74) is 9.14. The fraction of sp³-hybridized carbons (Fsp3) is 0.364. The largest absolute Gasteiger partial charge is 0.508 e. The minimum absolute atomic E-state index is 0.158. The summed E-state index contributed by atoms with van der Waals surface area (Å²) in [5, 5.41) is 19.3. The summed E-state index contributed by atoms with van der Waals surface area (Å²) in [6.07, 6.45) is 6.35. The van der Waals surface area contributed by atoms with E-state index in [1.807, 2.05) is 12.1 Å². The molecule has 5 nitrogen and oxygen atoms in total. The highest BCUT2D eigenvalue weighted by molar-refractivity contribution is 6.00. The zero-order valence-corrected chi connectivity index (χ0v) is 21.9. The number of hydrogen-bond donors (Lipinski definition) is 2. The lowest BCUT2D eigenvalue weighted by atomic mass is 9.78. The van der Waals surface area contributed by atoms with Crippen molar-refractivity contribution in [3.05, 3.63) is 95.1 Å². The maximum absolute atomic E-state index is 11.1. The minimum atomic E-state index is -0.729. The van der Waals surface area contributed by atoms with Gasteiger partial charge in [0.25, 0.3) is 0 Å². The van der Waals surface area contributed by atoms with Crippen LogP contribution in [0.15, 0.2) is 72.8 Å². The summed E-state index contributed by atoms with van der Waals surface area (Å²) >= 11 is 0. The lowest BCUT2D eigenvalue weighted by Gasteiger charge is -2.38. The molecule has 6 rings (SSSR count). The maximum atomic E-state index is 11.1. The second-order valence-corrected chi connectivity index (χ2v) is 11.3. The van der Waals surface area contributed by atoms with E-state index in [9.17, 15) is 9.90 Å². The van der Waals surface area contributed by atoms with Crippen molar-refractivity contribution in [2.24, 2.45) is 5.41 Å². The van der Waals surface area contributed by atoms with E-state index in [1.54, 1.807) is 0 Å². The van der Waals surface area contributed by atoms with Gasteiger partial charge in [-0.25, -0.2) is 0 Å². The Kier molecular flexibility index (Phi) is 6.71. The lowest BCUT2D eigenvalue weighted by Crippen LogP contribution is -2.43. The number of benzene rings is 3. The monoisotopic (exact) mass is 508 g/mol. The molecule has 3 aliphatic rings. The highest BCUT2D eigenvalue weighted by Gasteiger charge is 2.40. The zero-order chi connectivity index (χ0) is 26.1. The first-order chi connectivity index (χ1) is 18.5. The third kappa shape index (κ3) is 4.95. The molecule has 2 N–H and O–H groups in total. The Morgan fingerprint density at radius 2 is 1.58 bits per heavy atom. The van der Waals surface area contributed by atoms with Gasteiger partial charge in [-0.3, -0.25) is 9.69 Å². The van der Waals surface area contributed by atoms with Crippen molar-refractivity contribution in [1.82, 2.24) is 4.90 Å². The molecular weight excluding hydrogens is 472 g/mol. The molecular formula is C33H36N2O3. The van der Waals surface area contributed by atoms with E-state index in [-0.39, 0.29) is 6.54 Å². The fourth-order valence-corrected chi connectivity index (χ4v) is 6.81. The first kappa shape index (κ1) is 24.7. The number of piperidine rings is 1. The van der Waals surface area contributed by atoms with Gasteiger partial charge in [0.05, 0.1) is 6.54 Å². The molecule has 0 atom stereocenters. The molecule has 0 radical (unpaired) electrons. The van der Waals surface area contributed by atoms with Crippen molar-refractivity contribution < 1.29 is 15.0 Å². The second-order valence-electron chi connectivity index (χ2n) is 11.3. The topological polar surface area (TPSA) is 64.0 Å². The quantitative estimate of drug-likeness (QED) is 0.438. The summed E-state index contributed by atoms with van der Waals surface area (Å²) in [5.74, 6) is -0.397. The van der Waals surface area contributed by atoms with Crippen molar-refractivity contribution >= 4 is 22.8 Å². The van der Waals surface area contributed by atoms with Crippen molar-refractivity contribution in [2.45, 2.75) is 38.5 Å². The van der Waals surface area contributed by atoms with E-state index in [0.29, 0.717) is 11.2 Å². The number of aliphatic carboxylic acids is 1. The Morgan fingerprint density at radius 1 is 0.842 bits per heavy atom. The minimum Gasteiger partial charge on any atom is -0.508 e. The summed E-state index contributed by atoms with van der Waals surface area (Å²) in [7, 11) is 0. The summed E-state index contributed by atoms with van der Waals surface area (Å²) in [4.78, 5) is 15.7. The number of carbonyl (C=O) groups is 1. The second kappa shape index (κ2) is 10.3. The smallest absolute Gasteiger partial charge is 0.317 e. The van der Waals surface area contributed by atoms with Crippen molar-refractivity contribution in [3.8, 4) is 5.75 Å². The van der Waals surface area contributed by atoms with Crippen LogP contribution >= 0.6 is 0 Å². The molecule has 196 valence electrons. The molecule has 2 fully saturated rings. The Labute approximate surface area is 225 Å². The van der Waals surface area contributed by atoms with Crippen LogP contribution in [0.3, 0.4) is 0 Å². The first-order valence-corrected chi connectivity index (χ1v) is 13.9. The SMILES string of the molecule is O=C(O)CN1CCC2(CC1)CCN(c1ccc(C3=C(c4ccccc4)CCCc4cc(O)ccc43)cc1)C2. The third-order valence-corrected chi connectivity index (χ3v) is 8.89. The van der Waals surface area contributed by atoms with Crippen LogP contribution in [0.5, 0.6) is 5.75 Å². The summed E-state index contributed by atoms with van der Waals surface area (Å²) < 4.78 is 0. The predicted molar refractivity (Wildman–Crippen MR) is 152 cm³/mol. The Hall–Kier alpha value is -3.57. The Morgan fingerprint density at radius 3 is 2.32 bits per heavy atom. The van der Waals surface area contributed by atoms with E-state index < -0.39 is 5.97 Å². The van der Waals surface area contributed by atoms with Gasteiger partial charge in [-0.1, -0.05) is 48.5 Å². The molecule has 1 spiro atoms. The number of aromatic hydroxyl groups is 1.